The molecule has 0 spiro atoms. The molecular formula is C11H14N4OS. The second-order valence-electron chi connectivity index (χ2n) is 3.91. The third kappa shape index (κ3) is 3.39. The summed E-state index contributed by atoms with van der Waals surface area (Å²) in [5, 5.41) is 6.40. The fourth-order valence-corrected chi connectivity index (χ4v) is 2.14. The first-order valence-electron chi connectivity index (χ1n) is 5.32. The molecule has 0 aliphatic heterocycles. The van der Waals surface area contributed by atoms with Crippen molar-refractivity contribution in [3.05, 3.63) is 29.0 Å². The van der Waals surface area contributed by atoms with Crippen molar-refractivity contribution in [2.75, 3.05) is 5.73 Å². The largest absolute Gasteiger partial charge is 0.375 e. The van der Waals surface area contributed by atoms with Crippen molar-refractivity contribution in [3.8, 4) is 0 Å². The molecule has 0 aliphatic carbocycles. The van der Waals surface area contributed by atoms with E-state index in [1.165, 1.54) is 11.3 Å². The van der Waals surface area contributed by atoms with Crippen LogP contribution < -0.4 is 5.73 Å². The maximum absolute atomic E-state index is 11.7. The van der Waals surface area contributed by atoms with Gasteiger partial charge in [0.1, 0.15) is 5.78 Å². The van der Waals surface area contributed by atoms with Gasteiger partial charge in [-0.05, 0) is 12.0 Å². The molecule has 0 radical (unpaired) electrons. The highest BCUT2D eigenvalue weighted by Crippen LogP contribution is 2.12. The Morgan fingerprint density at radius 2 is 2.41 bits per heavy atom. The Hall–Kier alpha value is -1.69. The van der Waals surface area contributed by atoms with Gasteiger partial charge in [0.05, 0.1) is 11.9 Å². The molecule has 0 bridgehead atoms. The standard InChI is InChI=1S/C11H14N4OS/c1-15-6-8(5-13-15)2-3-10(16)4-9-7-17-11(12)14-9/h5-7H,2-4H2,1H3,(H2,12,14). The number of carbonyl (C=O) groups excluding carboxylic acids is 1. The zero-order valence-corrected chi connectivity index (χ0v) is 10.4. The second kappa shape index (κ2) is 5.09. The Morgan fingerprint density at radius 3 is 3.00 bits per heavy atom. The lowest BCUT2D eigenvalue weighted by Gasteiger charge is -1.97. The van der Waals surface area contributed by atoms with Crippen LogP contribution in [-0.2, 0) is 24.7 Å². The molecule has 0 aliphatic rings. The Morgan fingerprint density at radius 1 is 1.59 bits per heavy atom. The number of hydrogen-bond acceptors (Lipinski definition) is 5. The average molecular weight is 250 g/mol. The highest BCUT2D eigenvalue weighted by Gasteiger charge is 2.07. The van der Waals surface area contributed by atoms with E-state index in [0.29, 0.717) is 18.0 Å². The average Bonchev–Trinajstić information content (AvgIpc) is 2.85. The monoisotopic (exact) mass is 250 g/mol. The number of ketones is 1. The van der Waals surface area contributed by atoms with Crippen molar-refractivity contribution in [2.24, 2.45) is 7.05 Å². The van der Waals surface area contributed by atoms with E-state index in [1.807, 2.05) is 18.6 Å². The van der Waals surface area contributed by atoms with Gasteiger partial charge in [-0.3, -0.25) is 9.48 Å². The van der Waals surface area contributed by atoms with Crippen molar-refractivity contribution in [1.29, 1.82) is 0 Å². The van der Waals surface area contributed by atoms with Crippen molar-refractivity contribution in [2.45, 2.75) is 19.3 Å². The predicted molar refractivity (Wildman–Crippen MR) is 66.8 cm³/mol. The lowest BCUT2D eigenvalue weighted by atomic mass is 10.1. The number of hydrogen-bond donors (Lipinski definition) is 1. The van der Waals surface area contributed by atoms with Crippen LogP contribution in [0.1, 0.15) is 17.7 Å². The maximum Gasteiger partial charge on any atom is 0.180 e. The second-order valence-corrected chi connectivity index (χ2v) is 4.80. The van der Waals surface area contributed by atoms with Gasteiger partial charge in [0, 0.05) is 31.5 Å². The molecule has 2 N–H and O–H groups in total. The molecule has 2 rings (SSSR count). The number of aromatic nitrogens is 3. The molecule has 2 aromatic rings. The van der Waals surface area contributed by atoms with Gasteiger partial charge in [0.2, 0.25) is 0 Å². The number of aryl methyl sites for hydroxylation is 2. The van der Waals surface area contributed by atoms with E-state index in [0.717, 1.165) is 17.7 Å². The third-order valence-corrected chi connectivity index (χ3v) is 3.12. The summed E-state index contributed by atoms with van der Waals surface area (Å²) in [5.74, 6) is 0.180. The zero-order valence-electron chi connectivity index (χ0n) is 9.59. The van der Waals surface area contributed by atoms with Gasteiger partial charge in [-0.1, -0.05) is 0 Å². The number of Topliss-reactive ketones (excluding diaryl/α,β-unsaturated/α-hetero) is 1. The Balaban J connectivity index is 1.82. The van der Waals surface area contributed by atoms with E-state index >= 15 is 0 Å². The molecule has 2 heterocycles. The Bertz CT molecular complexity index is 517. The maximum atomic E-state index is 11.7. The molecule has 0 saturated carbocycles. The van der Waals surface area contributed by atoms with E-state index in [9.17, 15) is 4.79 Å². The third-order valence-electron chi connectivity index (χ3n) is 2.40. The Labute approximate surface area is 103 Å². The summed E-state index contributed by atoms with van der Waals surface area (Å²) in [5.41, 5.74) is 7.36. The zero-order chi connectivity index (χ0) is 12.3. The number of carbonyl (C=O) groups is 1. The highest BCUT2D eigenvalue weighted by atomic mass is 32.1. The van der Waals surface area contributed by atoms with E-state index in [2.05, 4.69) is 10.1 Å². The van der Waals surface area contributed by atoms with Gasteiger partial charge < -0.3 is 5.73 Å². The molecule has 17 heavy (non-hydrogen) atoms. The normalized spacial score (nSPS) is 10.6. The van der Waals surface area contributed by atoms with Gasteiger partial charge in [-0.2, -0.15) is 5.10 Å². The van der Waals surface area contributed by atoms with Crippen molar-refractivity contribution in [3.63, 3.8) is 0 Å². The first-order valence-corrected chi connectivity index (χ1v) is 6.20. The first-order chi connectivity index (χ1) is 8.13. The van der Waals surface area contributed by atoms with Crippen LogP contribution in [0, 0.1) is 0 Å². The molecular weight excluding hydrogens is 236 g/mol. The van der Waals surface area contributed by atoms with Crippen LogP contribution in [0.3, 0.4) is 0 Å². The van der Waals surface area contributed by atoms with Gasteiger partial charge in [0.25, 0.3) is 0 Å². The first kappa shape index (κ1) is 11.8. The van der Waals surface area contributed by atoms with Crippen LogP contribution in [0.4, 0.5) is 5.13 Å². The molecule has 0 atom stereocenters. The fourth-order valence-electron chi connectivity index (χ4n) is 1.58. The van der Waals surface area contributed by atoms with E-state index in [-0.39, 0.29) is 5.78 Å². The molecule has 0 saturated heterocycles. The summed E-state index contributed by atoms with van der Waals surface area (Å²) < 4.78 is 1.74. The minimum Gasteiger partial charge on any atom is -0.375 e. The highest BCUT2D eigenvalue weighted by molar-refractivity contribution is 7.13. The van der Waals surface area contributed by atoms with Crippen molar-refractivity contribution in [1.82, 2.24) is 14.8 Å². The minimum atomic E-state index is 0.180. The molecule has 90 valence electrons. The van der Waals surface area contributed by atoms with Gasteiger partial charge >= 0.3 is 0 Å². The molecule has 0 aromatic carbocycles. The van der Waals surface area contributed by atoms with Crippen molar-refractivity contribution >= 4 is 22.3 Å². The van der Waals surface area contributed by atoms with Gasteiger partial charge in [0.15, 0.2) is 5.13 Å². The molecule has 2 aromatic heterocycles. The van der Waals surface area contributed by atoms with Crippen LogP contribution in [0.2, 0.25) is 0 Å². The lowest BCUT2D eigenvalue weighted by molar-refractivity contribution is -0.118. The fraction of sp³-hybridized carbons (Fsp3) is 0.364. The van der Waals surface area contributed by atoms with E-state index in [4.69, 9.17) is 5.73 Å². The summed E-state index contributed by atoms with van der Waals surface area (Å²) in [4.78, 5) is 15.8. The van der Waals surface area contributed by atoms with Gasteiger partial charge in [-0.15, -0.1) is 11.3 Å². The topological polar surface area (TPSA) is 73.8 Å². The number of nitrogens with two attached hydrogens (primary N) is 1. The van der Waals surface area contributed by atoms with Crippen LogP contribution >= 0.6 is 11.3 Å². The number of nitrogen functional groups attached to an aromatic ring is 1. The molecule has 0 unspecified atom stereocenters. The summed E-state index contributed by atoms with van der Waals surface area (Å²) in [7, 11) is 1.86. The molecule has 5 nitrogen and oxygen atoms in total. The quantitative estimate of drug-likeness (QED) is 0.865. The summed E-state index contributed by atoms with van der Waals surface area (Å²) >= 11 is 1.37. The van der Waals surface area contributed by atoms with E-state index < -0.39 is 0 Å². The minimum absolute atomic E-state index is 0.180. The van der Waals surface area contributed by atoms with Crippen LogP contribution in [0.15, 0.2) is 17.8 Å². The summed E-state index contributed by atoms with van der Waals surface area (Å²) in [6, 6.07) is 0. The number of rotatable bonds is 5. The van der Waals surface area contributed by atoms with Crippen LogP contribution in [0.5, 0.6) is 0 Å². The van der Waals surface area contributed by atoms with E-state index in [1.54, 1.807) is 10.9 Å². The summed E-state index contributed by atoms with van der Waals surface area (Å²) in [6.45, 7) is 0. The Kier molecular flexibility index (Phi) is 3.53. The van der Waals surface area contributed by atoms with Crippen molar-refractivity contribution < 1.29 is 4.79 Å². The van der Waals surface area contributed by atoms with Crippen LogP contribution in [0.25, 0.3) is 0 Å². The predicted octanol–water partition coefficient (Wildman–Crippen LogP) is 1.20. The molecule has 0 amide bonds. The lowest BCUT2D eigenvalue weighted by Crippen LogP contribution is -2.04. The SMILES string of the molecule is Cn1cc(CCC(=O)Cc2csc(N)n2)cn1. The molecule has 6 heteroatoms. The molecule has 0 fully saturated rings. The van der Waals surface area contributed by atoms with Gasteiger partial charge in [-0.25, -0.2) is 4.98 Å². The smallest absolute Gasteiger partial charge is 0.180 e. The van der Waals surface area contributed by atoms with Crippen LogP contribution in [-0.4, -0.2) is 20.5 Å². The number of thiazole rings is 1. The number of anilines is 1. The number of nitrogens with zero attached hydrogens (tertiary/aromatic N) is 3. The summed E-state index contributed by atoms with van der Waals surface area (Å²) in [6.07, 6.45) is 5.32.